The van der Waals surface area contributed by atoms with E-state index in [1.807, 2.05) is 33.2 Å². The van der Waals surface area contributed by atoms with Gasteiger partial charge in [-0.25, -0.2) is 19.4 Å². The predicted octanol–water partition coefficient (Wildman–Crippen LogP) is 1.95. The maximum atomic E-state index is 11.5. The zero-order valence-corrected chi connectivity index (χ0v) is 29.6. The van der Waals surface area contributed by atoms with Gasteiger partial charge < -0.3 is 47.4 Å². The molecule has 0 aliphatic heterocycles. The van der Waals surface area contributed by atoms with E-state index in [-0.39, 0.29) is 12.6 Å². The van der Waals surface area contributed by atoms with Gasteiger partial charge >= 0.3 is 5.97 Å². The molecule has 0 aliphatic carbocycles. The van der Waals surface area contributed by atoms with Crippen LogP contribution in [0.2, 0.25) is 0 Å². The molecule has 17 heteroatoms. The predicted molar refractivity (Wildman–Crippen MR) is 176 cm³/mol. The van der Waals surface area contributed by atoms with Crippen molar-refractivity contribution < 1.29 is 52.2 Å². The lowest BCUT2D eigenvalue weighted by Gasteiger charge is -2.19. The van der Waals surface area contributed by atoms with Crippen LogP contribution in [0.4, 0.5) is 0 Å². The van der Waals surface area contributed by atoms with E-state index in [0.717, 1.165) is 16.4 Å². The summed E-state index contributed by atoms with van der Waals surface area (Å²) in [5.74, 6) is -0.388. The zero-order chi connectivity index (χ0) is 34.5. The van der Waals surface area contributed by atoms with Crippen molar-refractivity contribution in [3.05, 3.63) is 18.6 Å². The Balaban J connectivity index is 1.22. The third kappa shape index (κ3) is 23.1. The lowest BCUT2D eigenvalue weighted by atomic mass is 10.2. The Labute approximate surface area is 287 Å². The number of thioether (sulfide) groups is 1. The van der Waals surface area contributed by atoms with E-state index in [2.05, 4.69) is 20.3 Å². The first-order valence-electron chi connectivity index (χ1n) is 16.1. The molecule has 2 aromatic heterocycles. The molecule has 16 nitrogen and oxygen atoms in total. The number of aromatic nitrogens is 5. The number of hydrogen-bond acceptors (Lipinski definition) is 16. The first-order valence-corrected chi connectivity index (χ1v) is 17.3. The fraction of sp³-hybridized carbons (Fsp3) is 0.774. The second kappa shape index (κ2) is 27.5. The number of carbonyl (C=O) groups is 1. The van der Waals surface area contributed by atoms with E-state index in [1.165, 1.54) is 11.8 Å². The van der Waals surface area contributed by atoms with Crippen molar-refractivity contribution in [2.24, 2.45) is 0 Å². The van der Waals surface area contributed by atoms with Crippen molar-refractivity contribution in [1.29, 1.82) is 0 Å². The van der Waals surface area contributed by atoms with Crippen LogP contribution in [0.25, 0.3) is 11.3 Å². The van der Waals surface area contributed by atoms with E-state index >= 15 is 0 Å². The molecule has 0 aromatic carbocycles. The highest BCUT2D eigenvalue weighted by Crippen LogP contribution is 2.16. The average Bonchev–Trinajstić information content (AvgIpc) is 3.54. The van der Waals surface area contributed by atoms with E-state index in [4.69, 9.17) is 47.4 Å². The largest absolute Gasteiger partial charge is 0.458 e. The molecule has 0 saturated carbocycles. The lowest BCUT2D eigenvalue weighted by Crippen LogP contribution is -2.27. The quantitative estimate of drug-likeness (QED) is 0.0484. The van der Waals surface area contributed by atoms with Crippen LogP contribution in [-0.2, 0) is 58.7 Å². The summed E-state index contributed by atoms with van der Waals surface area (Å²) in [6, 6.07) is 0. The summed E-state index contributed by atoms with van der Waals surface area (Å²) in [7, 11) is 0. The Bertz CT molecular complexity index is 1060. The summed E-state index contributed by atoms with van der Waals surface area (Å²) in [6.45, 7) is 13.9. The number of esters is 1. The molecular weight excluding hydrogens is 650 g/mol. The van der Waals surface area contributed by atoms with Gasteiger partial charge in [-0.15, -0.1) is 5.10 Å². The summed E-state index contributed by atoms with van der Waals surface area (Å²) in [6.07, 6.45) is 7.27. The van der Waals surface area contributed by atoms with Crippen LogP contribution >= 0.6 is 11.8 Å². The number of rotatable bonds is 31. The average molecular weight is 704 g/mol. The topological polar surface area (TPSA) is 166 Å². The smallest absolute Gasteiger partial charge is 0.332 e. The molecule has 48 heavy (non-hydrogen) atoms. The van der Waals surface area contributed by atoms with Crippen LogP contribution in [-0.4, -0.2) is 162 Å². The van der Waals surface area contributed by atoms with Crippen molar-refractivity contribution in [1.82, 2.24) is 25.0 Å². The third-order valence-corrected chi connectivity index (χ3v) is 6.30. The summed E-state index contributed by atoms with van der Waals surface area (Å²) in [5, 5.41) is 9.00. The molecule has 0 spiro atoms. The van der Waals surface area contributed by atoms with Gasteiger partial charge in [0.05, 0.1) is 125 Å². The highest BCUT2D eigenvalue weighted by Gasteiger charge is 2.15. The molecule has 0 saturated heterocycles. The van der Waals surface area contributed by atoms with E-state index in [0.29, 0.717) is 119 Å². The molecule has 0 N–H and O–H groups in total. The normalized spacial score (nSPS) is 11.8. The second-order valence-corrected chi connectivity index (χ2v) is 11.6. The Kier molecular flexibility index (Phi) is 24.0. The van der Waals surface area contributed by atoms with Crippen molar-refractivity contribution >= 4 is 17.7 Å². The van der Waals surface area contributed by atoms with Crippen molar-refractivity contribution in [2.45, 2.75) is 38.1 Å². The number of ether oxygens (including phenoxy) is 10. The van der Waals surface area contributed by atoms with Gasteiger partial charge in [0, 0.05) is 18.0 Å². The SMILES string of the molecule is CSc1ncc(-c2cn(CCOCCOCCOCCOCCOCCOCCOCCOCCOCC(=O)OC(C)(C)C)nn2)cn1. The van der Waals surface area contributed by atoms with Crippen molar-refractivity contribution in [3.63, 3.8) is 0 Å². The molecule has 0 unspecified atom stereocenters. The van der Waals surface area contributed by atoms with E-state index in [1.54, 1.807) is 17.1 Å². The zero-order valence-electron chi connectivity index (χ0n) is 28.8. The fourth-order valence-electron chi connectivity index (χ4n) is 3.54. The summed E-state index contributed by atoms with van der Waals surface area (Å²) >= 11 is 1.49. The van der Waals surface area contributed by atoms with Gasteiger partial charge in [0.25, 0.3) is 0 Å². The van der Waals surface area contributed by atoms with E-state index < -0.39 is 5.60 Å². The van der Waals surface area contributed by atoms with Crippen LogP contribution in [0.1, 0.15) is 20.8 Å². The highest BCUT2D eigenvalue weighted by molar-refractivity contribution is 7.98. The summed E-state index contributed by atoms with van der Waals surface area (Å²) in [5.41, 5.74) is 1.04. The monoisotopic (exact) mass is 703 g/mol. The molecule has 0 amide bonds. The Morgan fingerprint density at radius 1 is 0.646 bits per heavy atom. The minimum atomic E-state index is -0.513. The molecule has 0 bridgehead atoms. The Morgan fingerprint density at radius 2 is 1.04 bits per heavy atom. The van der Waals surface area contributed by atoms with Crippen LogP contribution in [0.15, 0.2) is 23.7 Å². The maximum Gasteiger partial charge on any atom is 0.332 e. The van der Waals surface area contributed by atoms with E-state index in [9.17, 15) is 4.79 Å². The number of carbonyl (C=O) groups excluding carboxylic acids is 1. The van der Waals surface area contributed by atoms with Crippen LogP contribution < -0.4 is 0 Å². The molecule has 0 aliphatic rings. The second-order valence-electron chi connectivity index (χ2n) is 10.9. The number of hydrogen-bond donors (Lipinski definition) is 0. The molecule has 0 atom stereocenters. The molecule has 0 fully saturated rings. The van der Waals surface area contributed by atoms with Gasteiger partial charge in [-0.3, -0.25) is 0 Å². The molecule has 2 heterocycles. The highest BCUT2D eigenvalue weighted by atomic mass is 32.2. The molecule has 2 aromatic rings. The van der Waals surface area contributed by atoms with Gasteiger partial charge in [0.2, 0.25) is 0 Å². The first-order chi connectivity index (χ1) is 23.4. The molecule has 274 valence electrons. The minimum absolute atomic E-state index is 0.0850. The van der Waals surface area contributed by atoms with Crippen LogP contribution in [0, 0.1) is 0 Å². The van der Waals surface area contributed by atoms with Crippen LogP contribution in [0.3, 0.4) is 0 Å². The van der Waals surface area contributed by atoms with Gasteiger partial charge in [-0.05, 0) is 27.0 Å². The maximum absolute atomic E-state index is 11.5. The standard InChI is InChI=1S/C31H53N5O11S/c1-31(2,3)47-29(37)26-46-22-21-45-20-19-44-18-17-43-16-15-42-14-13-41-12-11-40-10-9-39-8-7-38-6-5-36-25-28(34-35-36)27-23-32-30(48-4)33-24-27/h23-25H,5-22,26H2,1-4H3. The van der Waals surface area contributed by atoms with Crippen molar-refractivity contribution in [2.75, 3.05) is 125 Å². The van der Waals surface area contributed by atoms with Crippen molar-refractivity contribution in [3.8, 4) is 11.3 Å². The third-order valence-electron chi connectivity index (χ3n) is 5.73. The lowest BCUT2D eigenvalue weighted by molar-refractivity contribution is -0.160. The molecule has 0 radical (unpaired) electrons. The fourth-order valence-corrected chi connectivity index (χ4v) is 3.85. The Hall–Kier alpha value is -2.32. The van der Waals surface area contributed by atoms with Gasteiger partial charge in [0.1, 0.15) is 17.9 Å². The number of nitrogens with zero attached hydrogens (tertiary/aromatic N) is 5. The van der Waals surface area contributed by atoms with Gasteiger partial charge in [-0.1, -0.05) is 17.0 Å². The van der Waals surface area contributed by atoms with Gasteiger partial charge in [0.15, 0.2) is 5.16 Å². The Morgan fingerprint density at radius 3 is 1.44 bits per heavy atom. The van der Waals surface area contributed by atoms with Gasteiger partial charge in [-0.2, -0.15) is 0 Å². The molecular formula is C31H53N5O11S. The minimum Gasteiger partial charge on any atom is -0.458 e. The summed E-state index contributed by atoms with van der Waals surface area (Å²) in [4.78, 5) is 20.0. The summed E-state index contributed by atoms with van der Waals surface area (Å²) < 4.78 is 56.0. The van der Waals surface area contributed by atoms with Crippen LogP contribution in [0.5, 0.6) is 0 Å². The first kappa shape index (κ1) is 41.8. The molecule has 2 rings (SSSR count).